The number of aliphatic hydroxyl groups is 1. The van der Waals surface area contributed by atoms with E-state index in [-0.39, 0.29) is 6.10 Å². The van der Waals surface area contributed by atoms with Gasteiger partial charge in [-0.25, -0.2) is 0 Å². The minimum atomic E-state index is -0.357. The molecule has 1 heterocycles. The highest BCUT2D eigenvalue weighted by Crippen LogP contribution is 2.11. The molecule has 1 rings (SSSR count). The highest BCUT2D eigenvalue weighted by Gasteiger charge is 2.21. The Hall–Kier alpha value is -0.160. The van der Waals surface area contributed by atoms with E-state index in [0.717, 1.165) is 26.2 Å². The van der Waals surface area contributed by atoms with Crippen molar-refractivity contribution in [3.05, 3.63) is 0 Å². The molecule has 4 heteroatoms. The molecule has 1 atom stereocenters. The number of ether oxygens (including phenoxy) is 1. The molecule has 1 unspecified atom stereocenters. The van der Waals surface area contributed by atoms with Gasteiger partial charge in [0, 0.05) is 19.7 Å². The quantitative estimate of drug-likeness (QED) is 0.659. The van der Waals surface area contributed by atoms with Gasteiger partial charge in [0.2, 0.25) is 0 Å². The van der Waals surface area contributed by atoms with E-state index >= 15 is 0 Å². The molecule has 0 spiro atoms. The van der Waals surface area contributed by atoms with Crippen LogP contribution in [0.5, 0.6) is 0 Å². The molecule has 1 aliphatic rings. The lowest BCUT2D eigenvalue weighted by Crippen LogP contribution is -2.46. The fourth-order valence-corrected chi connectivity index (χ4v) is 2.22. The predicted molar refractivity (Wildman–Crippen MR) is 61.0 cm³/mol. The monoisotopic (exact) mass is 216 g/mol. The minimum Gasteiger partial charge on any atom is -0.389 e. The standard InChI is InChI=1S/C11H24N2O2/c1-3-13(8-11(14)9-15-2)10-4-6-12-7-5-10/h10-12,14H,3-9H2,1-2H3. The SMILES string of the molecule is CCN(CC(O)COC)C1CCNCC1. The molecule has 4 nitrogen and oxygen atoms in total. The summed E-state index contributed by atoms with van der Waals surface area (Å²) >= 11 is 0. The van der Waals surface area contributed by atoms with Crippen molar-refractivity contribution in [3.8, 4) is 0 Å². The fraction of sp³-hybridized carbons (Fsp3) is 1.00. The van der Waals surface area contributed by atoms with Crippen LogP contribution in [0.4, 0.5) is 0 Å². The number of hydrogen-bond acceptors (Lipinski definition) is 4. The third kappa shape index (κ3) is 4.47. The molecule has 1 saturated heterocycles. The van der Waals surface area contributed by atoms with Gasteiger partial charge >= 0.3 is 0 Å². The Morgan fingerprint density at radius 3 is 2.67 bits per heavy atom. The first-order chi connectivity index (χ1) is 7.27. The smallest absolute Gasteiger partial charge is 0.0900 e. The molecule has 1 fully saturated rings. The molecule has 0 saturated carbocycles. The maximum Gasteiger partial charge on any atom is 0.0900 e. The zero-order chi connectivity index (χ0) is 11.1. The third-order valence-corrected chi connectivity index (χ3v) is 3.04. The summed E-state index contributed by atoms with van der Waals surface area (Å²) in [5, 5.41) is 13.1. The maximum absolute atomic E-state index is 9.70. The van der Waals surface area contributed by atoms with Crippen LogP contribution in [-0.4, -0.2) is 62.0 Å². The first-order valence-corrected chi connectivity index (χ1v) is 5.89. The number of nitrogens with one attached hydrogen (secondary N) is 1. The Morgan fingerprint density at radius 1 is 1.47 bits per heavy atom. The van der Waals surface area contributed by atoms with Gasteiger partial charge in [-0.3, -0.25) is 4.90 Å². The second kappa shape index (κ2) is 7.17. The average molecular weight is 216 g/mol. The molecule has 0 radical (unpaired) electrons. The lowest BCUT2D eigenvalue weighted by Gasteiger charge is -2.34. The molecule has 90 valence electrons. The van der Waals surface area contributed by atoms with Gasteiger partial charge in [-0.1, -0.05) is 6.92 Å². The number of piperidine rings is 1. The minimum absolute atomic E-state index is 0.357. The molecule has 0 amide bonds. The van der Waals surface area contributed by atoms with Crippen LogP contribution in [0, 0.1) is 0 Å². The molecule has 1 aliphatic heterocycles. The van der Waals surface area contributed by atoms with E-state index in [0.29, 0.717) is 12.6 Å². The molecule has 0 aromatic carbocycles. The van der Waals surface area contributed by atoms with Crippen LogP contribution in [0.1, 0.15) is 19.8 Å². The highest BCUT2D eigenvalue weighted by molar-refractivity contribution is 4.78. The van der Waals surface area contributed by atoms with Gasteiger partial charge in [0.05, 0.1) is 12.7 Å². The van der Waals surface area contributed by atoms with Crippen LogP contribution in [0.2, 0.25) is 0 Å². The number of aliphatic hydroxyl groups excluding tert-OH is 1. The number of methoxy groups -OCH3 is 1. The fourth-order valence-electron chi connectivity index (χ4n) is 2.22. The number of nitrogens with zero attached hydrogens (tertiary/aromatic N) is 1. The summed E-state index contributed by atoms with van der Waals surface area (Å²) in [5.41, 5.74) is 0. The Bertz CT molecular complexity index is 161. The Kier molecular flexibility index (Phi) is 6.17. The van der Waals surface area contributed by atoms with Gasteiger partial charge in [-0.15, -0.1) is 0 Å². The third-order valence-electron chi connectivity index (χ3n) is 3.04. The number of rotatable bonds is 6. The van der Waals surface area contributed by atoms with E-state index in [9.17, 15) is 5.11 Å². The summed E-state index contributed by atoms with van der Waals surface area (Å²) in [5.74, 6) is 0. The van der Waals surface area contributed by atoms with E-state index in [2.05, 4.69) is 17.1 Å². The largest absolute Gasteiger partial charge is 0.389 e. The molecule has 0 bridgehead atoms. The summed E-state index contributed by atoms with van der Waals surface area (Å²) in [6.45, 7) is 6.52. The van der Waals surface area contributed by atoms with Gasteiger partial charge in [0.25, 0.3) is 0 Å². The summed E-state index contributed by atoms with van der Waals surface area (Å²) in [6, 6.07) is 0.628. The average Bonchev–Trinajstić information content (AvgIpc) is 2.27. The van der Waals surface area contributed by atoms with Crippen LogP contribution in [0.15, 0.2) is 0 Å². The molecular weight excluding hydrogens is 192 g/mol. The summed E-state index contributed by atoms with van der Waals surface area (Å²) in [7, 11) is 1.63. The second-order valence-corrected chi connectivity index (χ2v) is 4.18. The van der Waals surface area contributed by atoms with E-state index in [1.807, 2.05) is 0 Å². The number of hydrogen-bond donors (Lipinski definition) is 2. The topological polar surface area (TPSA) is 44.7 Å². The zero-order valence-electron chi connectivity index (χ0n) is 9.91. The highest BCUT2D eigenvalue weighted by atomic mass is 16.5. The molecule has 0 aromatic heterocycles. The van der Waals surface area contributed by atoms with E-state index in [1.54, 1.807) is 7.11 Å². The first-order valence-electron chi connectivity index (χ1n) is 5.89. The second-order valence-electron chi connectivity index (χ2n) is 4.18. The van der Waals surface area contributed by atoms with Crippen molar-refractivity contribution in [2.45, 2.75) is 31.9 Å². The van der Waals surface area contributed by atoms with Gasteiger partial charge in [0.1, 0.15) is 0 Å². The lowest BCUT2D eigenvalue weighted by molar-refractivity contribution is 0.0239. The number of likely N-dealkylation sites (N-methyl/N-ethyl adjacent to an activating group) is 1. The predicted octanol–water partition coefficient (Wildman–Crippen LogP) is 0.0676. The Balaban J connectivity index is 2.32. The first kappa shape index (κ1) is 12.9. The molecule has 2 N–H and O–H groups in total. The van der Waals surface area contributed by atoms with Crippen LogP contribution in [0.3, 0.4) is 0 Å². The van der Waals surface area contributed by atoms with Crippen molar-refractivity contribution in [2.24, 2.45) is 0 Å². The van der Waals surface area contributed by atoms with Gasteiger partial charge in [-0.05, 0) is 32.5 Å². The van der Waals surface area contributed by atoms with Gasteiger partial charge < -0.3 is 15.2 Å². The molecule has 15 heavy (non-hydrogen) atoms. The van der Waals surface area contributed by atoms with Gasteiger partial charge in [0.15, 0.2) is 0 Å². The van der Waals surface area contributed by atoms with Crippen LogP contribution in [0.25, 0.3) is 0 Å². The van der Waals surface area contributed by atoms with Crippen molar-refractivity contribution in [2.75, 3.05) is 39.9 Å². The van der Waals surface area contributed by atoms with E-state index in [4.69, 9.17) is 4.74 Å². The van der Waals surface area contributed by atoms with Crippen molar-refractivity contribution < 1.29 is 9.84 Å². The van der Waals surface area contributed by atoms with Crippen molar-refractivity contribution in [1.29, 1.82) is 0 Å². The van der Waals surface area contributed by atoms with E-state index < -0.39 is 0 Å². The summed E-state index contributed by atoms with van der Waals surface area (Å²) in [6.07, 6.45) is 2.02. The van der Waals surface area contributed by atoms with Crippen LogP contribution >= 0.6 is 0 Å². The molecule has 0 aromatic rings. The normalized spacial score (nSPS) is 20.8. The Morgan fingerprint density at radius 2 is 2.13 bits per heavy atom. The van der Waals surface area contributed by atoms with E-state index in [1.165, 1.54) is 12.8 Å². The van der Waals surface area contributed by atoms with Crippen LogP contribution in [-0.2, 0) is 4.74 Å². The summed E-state index contributed by atoms with van der Waals surface area (Å²) in [4.78, 5) is 2.37. The maximum atomic E-state index is 9.70. The zero-order valence-corrected chi connectivity index (χ0v) is 9.91. The Labute approximate surface area is 92.6 Å². The van der Waals surface area contributed by atoms with Crippen molar-refractivity contribution in [1.82, 2.24) is 10.2 Å². The van der Waals surface area contributed by atoms with Crippen molar-refractivity contribution >= 4 is 0 Å². The van der Waals surface area contributed by atoms with Crippen LogP contribution < -0.4 is 5.32 Å². The molecular formula is C11H24N2O2. The summed E-state index contributed by atoms with van der Waals surface area (Å²) < 4.78 is 4.95. The van der Waals surface area contributed by atoms with Gasteiger partial charge in [-0.2, -0.15) is 0 Å². The lowest BCUT2D eigenvalue weighted by atomic mass is 10.0. The van der Waals surface area contributed by atoms with Crippen molar-refractivity contribution in [3.63, 3.8) is 0 Å². The molecule has 0 aliphatic carbocycles.